The third-order valence-electron chi connectivity index (χ3n) is 5.84. The fourth-order valence-corrected chi connectivity index (χ4v) is 4.06. The highest BCUT2D eigenvalue weighted by atomic mass is 35.5. The molecular weight excluding hydrogens is 523 g/mol. The molecule has 4 rings (SSSR count). The average Bonchev–Trinajstić information content (AvgIpc) is 2.87. The molecule has 192 valence electrons. The number of carbonyl (C=O) groups excluding carboxylic acids is 1. The minimum Gasteiger partial charge on any atom is -0.438 e. The molecule has 0 saturated heterocycles. The van der Waals surface area contributed by atoms with Gasteiger partial charge in [-0.25, -0.2) is 0 Å². The van der Waals surface area contributed by atoms with E-state index in [0.29, 0.717) is 11.4 Å². The first-order chi connectivity index (χ1) is 18.0. The Hall–Kier alpha value is -4.12. The van der Waals surface area contributed by atoms with Crippen molar-refractivity contribution in [2.75, 3.05) is 5.32 Å². The quantitative estimate of drug-likeness (QED) is 0.216. The van der Waals surface area contributed by atoms with Crippen LogP contribution in [0.2, 0.25) is 10.0 Å². The average molecular weight is 547 g/mol. The summed E-state index contributed by atoms with van der Waals surface area (Å²) in [5, 5.41) is 12.7. The molecule has 0 aliphatic carbocycles. The highest BCUT2D eigenvalue weighted by Crippen LogP contribution is 2.31. The molecule has 0 saturated carbocycles. The first-order valence-electron chi connectivity index (χ1n) is 11.7. The molecule has 0 spiro atoms. The van der Waals surface area contributed by atoms with Crippen molar-refractivity contribution in [2.45, 2.75) is 33.1 Å². The van der Waals surface area contributed by atoms with Gasteiger partial charge in [-0.2, -0.15) is 10.2 Å². The molecule has 7 nitrogen and oxygen atoms in total. The zero-order valence-corrected chi connectivity index (χ0v) is 22.7. The second kappa shape index (κ2) is 10.7. The smallest absolute Gasteiger partial charge is 0.269 e. The van der Waals surface area contributed by atoms with Gasteiger partial charge in [0.25, 0.3) is 11.5 Å². The molecule has 0 fully saturated rings. The van der Waals surface area contributed by atoms with Gasteiger partial charge in [-0.15, -0.1) is 0 Å². The summed E-state index contributed by atoms with van der Waals surface area (Å²) in [6.45, 7) is 8.13. The zero-order valence-electron chi connectivity index (χ0n) is 21.2. The van der Waals surface area contributed by atoms with E-state index >= 15 is 0 Å². The third-order valence-corrected chi connectivity index (χ3v) is 6.66. The fraction of sp³-hybridized carbons (Fsp3) is 0.172. The molecule has 0 bridgehead atoms. The summed E-state index contributed by atoms with van der Waals surface area (Å²) in [4.78, 5) is 31.1. The van der Waals surface area contributed by atoms with E-state index in [1.807, 2.05) is 31.2 Å². The predicted molar refractivity (Wildman–Crippen MR) is 150 cm³/mol. The number of rotatable bonds is 5. The molecule has 0 atom stereocenters. The van der Waals surface area contributed by atoms with Gasteiger partial charge in [-0.05, 0) is 59.9 Å². The van der Waals surface area contributed by atoms with E-state index in [2.05, 4.69) is 31.1 Å². The molecule has 2 aromatic carbocycles. The first kappa shape index (κ1) is 26.9. The Morgan fingerprint density at radius 3 is 2.47 bits per heavy atom. The molecule has 2 heterocycles. The van der Waals surface area contributed by atoms with Crippen molar-refractivity contribution in [3.8, 4) is 17.7 Å². The van der Waals surface area contributed by atoms with Crippen molar-refractivity contribution in [3.63, 3.8) is 0 Å². The van der Waals surface area contributed by atoms with E-state index in [1.54, 1.807) is 42.6 Å². The van der Waals surface area contributed by atoms with Crippen LogP contribution in [0.4, 0.5) is 5.69 Å². The summed E-state index contributed by atoms with van der Waals surface area (Å²) in [6.07, 6.45) is 2.73. The number of ether oxygens (including phenoxy) is 1. The SMILES string of the molecule is Cc1cccn2c(=O)c(/C=C(/C#N)C(=O)Nc3cccc(Cl)c3Cl)c(Oc3ccc(C(C)(C)C)cc3)nc12. The number of hydrogen-bond donors (Lipinski definition) is 1. The van der Waals surface area contributed by atoms with Gasteiger partial charge in [0.15, 0.2) is 0 Å². The molecule has 4 aromatic rings. The Morgan fingerprint density at radius 2 is 1.82 bits per heavy atom. The second-order valence-corrected chi connectivity index (χ2v) is 10.4. The molecule has 1 N–H and O–H groups in total. The highest BCUT2D eigenvalue weighted by molar-refractivity contribution is 6.44. The second-order valence-electron chi connectivity index (χ2n) is 9.62. The first-order valence-corrected chi connectivity index (χ1v) is 12.4. The Bertz CT molecular complexity index is 1680. The number of hydrogen-bond acceptors (Lipinski definition) is 5. The van der Waals surface area contributed by atoms with E-state index < -0.39 is 11.5 Å². The molecular formula is C29H24Cl2N4O3. The minimum atomic E-state index is -0.772. The van der Waals surface area contributed by atoms with Gasteiger partial charge in [-0.3, -0.25) is 14.0 Å². The van der Waals surface area contributed by atoms with E-state index in [1.165, 1.54) is 4.40 Å². The van der Waals surface area contributed by atoms with Crippen molar-refractivity contribution in [3.05, 3.63) is 103 Å². The lowest BCUT2D eigenvalue weighted by molar-refractivity contribution is -0.112. The summed E-state index contributed by atoms with van der Waals surface area (Å²) in [7, 11) is 0. The number of halogens is 2. The Kier molecular flexibility index (Phi) is 7.58. The van der Waals surface area contributed by atoms with Gasteiger partial charge in [0.1, 0.15) is 28.6 Å². The third kappa shape index (κ3) is 5.57. The lowest BCUT2D eigenvalue weighted by Gasteiger charge is -2.19. The van der Waals surface area contributed by atoms with Crippen LogP contribution in [0.15, 0.2) is 71.2 Å². The van der Waals surface area contributed by atoms with Crippen molar-refractivity contribution < 1.29 is 9.53 Å². The number of fused-ring (bicyclic) bond motifs is 1. The van der Waals surface area contributed by atoms with Gasteiger partial charge < -0.3 is 10.1 Å². The lowest BCUT2D eigenvalue weighted by atomic mass is 9.87. The van der Waals surface area contributed by atoms with Crippen LogP contribution in [0.1, 0.15) is 37.5 Å². The maximum atomic E-state index is 13.5. The fourth-order valence-electron chi connectivity index (χ4n) is 3.71. The number of anilines is 1. The number of aromatic nitrogens is 2. The van der Waals surface area contributed by atoms with Crippen LogP contribution in [0.3, 0.4) is 0 Å². The van der Waals surface area contributed by atoms with Crippen LogP contribution in [-0.2, 0) is 10.2 Å². The van der Waals surface area contributed by atoms with Gasteiger partial charge in [0, 0.05) is 6.20 Å². The van der Waals surface area contributed by atoms with Gasteiger partial charge in [-0.1, -0.05) is 68.2 Å². The molecule has 0 aliphatic heterocycles. The van der Waals surface area contributed by atoms with E-state index in [9.17, 15) is 14.9 Å². The molecule has 0 unspecified atom stereocenters. The number of pyridine rings is 1. The Morgan fingerprint density at radius 1 is 1.11 bits per heavy atom. The van der Waals surface area contributed by atoms with Crippen molar-refractivity contribution in [2.24, 2.45) is 0 Å². The van der Waals surface area contributed by atoms with Gasteiger partial charge in [0.2, 0.25) is 5.88 Å². The van der Waals surface area contributed by atoms with Crippen LogP contribution >= 0.6 is 23.2 Å². The molecule has 9 heteroatoms. The van der Waals surface area contributed by atoms with Crippen LogP contribution in [0.25, 0.3) is 11.7 Å². The maximum absolute atomic E-state index is 13.5. The molecule has 2 aromatic heterocycles. The van der Waals surface area contributed by atoms with Gasteiger partial charge in [0.05, 0.1) is 15.7 Å². The number of nitrogens with one attached hydrogen (secondary N) is 1. The maximum Gasteiger partial charge on any atom is 0.269 e. The van der Waals surface area contributed by atoms with E-state index in [0.717, 1.165) is 17.2 Å². The topological polar surface area (TPSA) is 96.5 Å². The Labute approximate surface area is 229 Å². The number of benzene rings is 2. The summed E-state index contributed by atoms with van der Waals surface area (Å²) in [5.41, 5.74) is 1.52. The molecule has 0 radical (unpaired) electrons. The Balaban J connectivity index is 1.81. The van der Waals surface area contributed by atoms with Crippen LogP contribution in [0, 0.1) is 18.3 Å². The normalized spacial score (nSPS) is 11.8. The molecule has 0 aliphatic rings. The number of aryl methyl sites for hydroxylation is 1. The molecule has 38 heavy (non-hydrogen) atoms. The standard InChI is InChI=1S/C29H24Cl2N4O3/c1-17-7-6-14-35-25(17)34-27(38-20-12-10-19(11-13-20)29(2,3)4)21(28(35)37)15-18(16-32)26(36)33-23-9-5-8-22(30)24(23)31/h5-15H,1-4H3,(H,33,36)/b18-15-. The number of nitrogens with zero attached hydrogens (tertiary/aromatic N) is 3. The van der Waals surface area contributed by atoms with Crippen LogP contribution in [-0.4, -0.2) is 15.3 Å². The van der Waals surface area contributed by atoms with E-state index in [-0.39, 0.29) is 38.2 Å². The van der Waals surface area contributed by atoms with Gasteiger partial charge >= 0.3 is 0 Å². The van der Waals surface area contributed by atoms with Crippen molar-refractivity contribution >= 4 is 46.5 Å². The predicted octanol–water partition coefficient (Wildman–Crippen LogP) is 6.95. The van der Waals surface area contributed by atoms with Crippen LogP contribution < -0.4 is 15.6 Å². The van der Waals surface area contributed by atoms with E-state index in [4.69, 9.17) is 27.9 Å². The van der Waals surface area contributed by atoms with Crippen LogP contribution in [0.5, 0.6) is 11.6 Å². The summed E-state index contributed by atoms with van der Waals surface area (Å²) >= 11 is 12.2. The minimum absolute atomic E-state index is 0.0332. The summed E-state index contributed by atoms with van der Waals surface area (Å²) in [6, 6.07) is 17.6. The zero-order chi connectivity index (χ0) is 27.6. The summed E-state index contributed by atoms with van der Waals surface area (Å²) < 4.78 is 7.40. The lowest BCUT2D eigenvalue weighted by Crippen LogP contribution is -2.21. The highest BCUT2D eigenvalue weighted by Gasteiger charge is 2.20. The molecule has 1 amide bonds. The van der Waals surface area contributed by atoms with Crippen molar-refractivity contribution in [1.29, 1.82) is 5.26 Å². The number of nitriles is 1. The monoisotopic (exact) mass is 546 g/mol. The van der Waals surface area contributed by atoms with Crippen molar-refractivity contribution in [1.82, 2.24) is 9.38 Å². The number of amides is 1. The summed E-state index contributed by atoms with van der Waals surface area (Å²) in [5.74, 6) is -0.355. The number of carbonyl (C=O) groups is 1. The largest absolute Gasteiger partial charge is 0.438 e.